The van der Waals surface area contributed by atoms with Gasteiger partial charge in [0.1, 0.15) is 0 Å². The average molecular weight is 193 g/mol. The molecule has 70 valence electrons. The van der Waals surface area contributed by atoms with Gasteiger partial charge in [0.05, 0.1) is 0 Å². The van der Waals surface area contributed by atoms with Gasteiger partial charge in [0.25, 0.3) is 0 Å². The van der Waals surface area contributed by atoms with Gasteiger partial charge >= 0.3 is 0 Å². The Kier molecular flexibility index (Phi) is 2.49. The van der Waals surface area contributed by atoms with Gasteiger partial charge in [-0.05, 0) is 43.7 Å². The van der Waals surface area contributed by atoms with E-state index in [9.17, 15) is 0 Å². The van der Waals surface area contributed by atoms with Crippen LogP contribution in [0, 0.1) is 0 Å². The number of anilines is 1. The summed E-state index contributed by atoms with van der Waals surface area (Å²) in [6, 6.07) is 7.35. The molecule has 0 amide bonds. The van der Waals surface area contributed by atoms with E-state index in [0.29, 0.717) is 6.04 Å². The molecule has 2 rings (SSSR count). The third kappa shape index (κ3) is 1.83. The lowest BCUT2D eigenvalue weighted by atomic mass is 9.99. The molecule has 13 heavy (non-hydrogen) atoms. The molecular weight excluding hydrogens is 178 g/mol. The predicted octanol–water partition coefficient (Wildman–Crippen LogP) is 3.16. The molecule has 0 bridgehead atoms. The third-order valence-electron chi connectivity index (χ3n) is 2.57. The van der Waals surface area contributed by atoms with Crippen LogP contribution in [0.15, 0.2) is 23.1 Å². The Labute approximate surface area is 83.9 Å². The minimum Gasteiger partial charge on any atom is -0.382 e. The third-order valence-corrected chi connectivity index (χ3v) is 3.29. The summed E-state index contributed by atoms with van der Waals surface area (Å²) in [7, 11) is 0. The lowest BCUT2D eigenvalue weighted by Crippen LogP contribution is -2.21. The second-order valence-electron chi connectivity index (χ2n) is 3.61. The first-order chi connectivity index (χ1) is 6.29. The molecule has 1 nitrogen and oxygen atoms in total. The lowest BCUT2D eigenvalue weighted by molar-refractivity contribution is 0.680. The number of nitrogens with one attached hydrogen (secondary N) is 1. The molecule has 1 aromatic carbocycles. The Morgan fingerprint density at radius 2 is 2.31 bits per heavy atom. The van der Waals surface area contributed by atoms with Crippen LogP contribution in [0.5, 0.6) is 0 Å². The highest BCUT2D eigenvalue weighted by Gasteiger charge is 2.13. The zero-order chi connectivity index (χ0) is 9.26. The Morgan fingerprint density at radius 1 is 1.46 bits per heavy atom. The lowest BCUT2D eigenvalue weighted by Gasteiger charge is -2.24. The summed E-state index contributed by atoms with van der Waals surface area (Å²) in [5, 5.41) is 3.52. The molecule has 0 spiro atoms. The van der Waals surface area contributed by atoms with Crippen LogP contribution < -0.4 is 5.32 Å². The number of aryl methyl sites for hydroxylation is 1. The van der Waals surface area contributed by atoms with Crippen molar-refractivity contribution in [1.29, 1.82) is 0 Å². The van der Waals surface area contributed by atoms with E-state index >= 15 is 0 Å². The SMILES string of the molecule is CSc1ccc2c(c1)N[C@@H](C)CC2. The van der Waals surface area contributed by atoms with Crippen molar-refractivity contribution < 1.29 is 0 Å². The van der Waals surface area contributed by atoms with Gasteiger partial charge in [0.2, 0.25) is 0 Å². The zero-order valence-electron chi connectivity index (χ0n) is 8.13. The van der Waals surface area contributed by atoms with Crippen LogP contribution in [-0.4, -0.2) is 12.3 Å². The molecule has 0 radical (unpaired) electrons. The second-order valence-corrected chi connectivity index (χ2v) is 4.49. The highest BCUT2D eigenvalue weighted by Crippen LogP contribution is 2.28. The molecule has 0 aromatic heterocycles. The van der Waals surface area contributed by atoms with Crippen molar-refractivity contribution >= 4 is 17.4 Å². The van der Waals surface area contributed by atoms with Crippen LogP contribution >= 0.6 is 11.8 Å². The van der Waals surface area contributed by atoms with Crippen LogP contribution in [0.1, 0.15) is 18.9 Å². The number of hydrogen-bond donors (Lipinski definition) is 1. The maximum absolute atomic E-state index is 3.52. The molecule has 0 saturated heterocycles. The van der Waals surface area contributed by atoms with Crippen LogP contribution in [0.4, 0.5) is 5.69 Å². The quantitative estimate of drug-likeness (QED) is 0.688. The van der Waals surface area contributed by atoms with Crippen molar-refractivity contribution in [3.8, 4) is 0 Å². The Balaban J connectivity index is 2.32. The van der Waals surface area contributed by atoms with Gasteiger partial charge in [-0.1, -0.05) is 6.07 Å². The maximum atomic E-state index is 3.52. The molecule has 1 aromatic rings. The summed E-state index contributed by atoms with van der Waals surface area (Å²) in [6.45, 7) is 2.24. The van der Waals surface area contributed by atoms with Gasteiger partial charge in [-0.3, -0.25) is 0 Å². The van der Waals surface area contributed by atoms with Gasteiger partial charge in [0.15, 0.2) is 0 Å². The topological polar surface area (TPSA) is 12.0 Å². The molecule has 0 unspecified atom stereocenters. The summed E-state index contributed by atoms with van der Waals surface area (Å²) >= 11 is 1.80. The Bertz CT molecular complexity index is 309. The van der Waals surface area contributed by atoms with Gasteiger partial charge in [-0.15, -0.1) is 11.8 Å². The first-order valence-electron chi connectivity index (χ1n) is 4.73. The van der Waals surface area contributed by atoms with E-state index in [1.165, 1.54) is 29.0 Å². The monoisotopic (exact) mass is 193 g/mol. The van der Waals surface area contributed by atoms with Crippen molar-refractivity contribution in [3.05, 3.63) is 23.8 Å². The number of hydrogen-bond acceptors (Lipinski definition) is 2. The van der Waals surface area contributed by atoms with Crippen molar-refractivity contribution in [3.63, 3.8) is 0 Å². The predicted molar refractivity (Wildman–Crippen MR) is 59.6 cm³/mol. The number of fused-ring (bicyclic) bond motifs is 1. The molecule has 0 saturated carbocycles. The summed E-state index contributed by atoms with van der Waals surface area (Å²) in [5.74, 6) is 0. The molecular formula is C11H15NS. The number of benzene rings is 1. The molecule has 1 heterocycles. The van der Waals surface area contributed by atoms with E-state index in [1.807, 2.05) is 0 Å². The summed E-state index contributed by atoms with van der Waals surface area (Å²) in [5.41, 5.74) is 2.81. The fourth-order valence-corrected chi connectivity index (χ4v) is 2.18. The highest BCUT2D eigenvalue weighted by atomic mass is 32.2. The molecule has 1 aliphatic heterocycles. The van der Waals surface area contributed by atoms with Crippen molar-refractivity contribution in [2.75, 3.05) is 11.6 Å². The van der Waals surface area contributed by atoms with Crippen LogP contribution in [0.2, 0.25) is 0 Å². The van der Waals surface area contributed by atoms with E-state index in [0.717, 1.165) is 0 Å². The fraction of sp³-hybridized carbons (Fsp3) is 0.455. The van der Waals surface area contributed by atoms with Gasteiger partial charge in [-0.2, -0.15) is 0 Å². The maximum Gasteiger partial charge on any atom is 0.0386 e. The Hall–Kier alpha value is -0.630. The van der Waals surface area contributed by atoms with Crippen molar-refractivity contribution in [2.24, 2.45) is 0 Å². The fourth-order valence-electron chi connectivity index (χ4n) is 1.74. The van der Waals surface area contributed by atoms with E-state index < -0.39 is 0 Å². The summed E-state index contributed by atoms with van der Waals surface area (Å²) in [6.07, 6.45) is 4.59. The smallest absolute Gasteiger partial charge is 0.0386 e. The molecule has 0 aliphatic carbocycles. The van der Waals surface area contributed by atoms with Gasteiger partial charge < -0.3 is 5.32 Å². The minimum absolute atomic E-state index is 0.629. The van der Waals surface area contributed by atoms with E-state index in [4.69, 9.17) is 0 Å². The first-order valence-corrected chi connectivity index (χ1v) is 5.95. The van der Waals surface area contributed by atoms with Crippen molar-refractivity contribution in [2.45, 2.75) is 30.7 Å². The molecule has 1 N–H and O–H groups in total. The van der Waals surface area contributed by atoms with Gasteiger partial charge in [0, 0.05) is 16.6 Å². The molecule has 1 aliphatic rings. The Morgan fingerprint density at radius 3 is 3.08 bits per heavy atom. The molecule has 2 heteroatoms. The van der Waals surface area contributed by atoms with Gasteiger partial charge in [-0.25, -0.2) is 0 Å². The van der Waals surface area contributed by atoms with E-state index in [-0.39, 0.29) is 0 Å². The van der Waals surface area contributed by atoms with Crippen LogP contribution in [-0.2, 0) is 6.42 Å². The van der Waals surface area contributed by atoms with Crippen LogP contribution in [0.3, 0.4) is 0 Å². The molecule has 0 fully saturated rings. The first kappa shape index (κ1) is 8.95. The standard InChI is InChI=1S/C11H15NS/c1-8-3-4-9-5-6-10(13-2)7-11(9)12-8/h5-8,12H,3-4H2,1-2H3/t8-/m0/s1. The van der Waals surface area contributed by atoms with Crippen molar-refractivity contribution in [1.82, 2.24) is 0 Å². The largest absolute Gasteiger partial charge is 0.382 e. The normalized spacial score (nSPS) is 20.6. The van der Waals surface area contributed by atoms with Crippen LogP contribution in [0.25, 0.3) is 0 Å². The number of rotatable bonds is 1. The summed E-state index contributed by atoms with van der Waals surface area (Å²) < 4.78 is 0. The second kappa shape index (κ2) is 3.62. The minimum atomic E-state index is 0.629. The zero-order valence-corrected chi connectivity index (χ0v) is 8.95. The molecule has 1 atom stereocenters. The number of thioether (sulfide) groups is 1. The van der Waals surface area contributed by atoms with E-state index in [1.54, 1.807) is 11.8 Å². The average Bonchev–Trinajstić information content (AvgIpc) is 2.16. The summed E-state index contributed by atoms with van der Waals surface area (Å²) in [4.78, 5) is 1.35. The van der Waals surface area contributed by atoms with E-state index in [2.05, 4.69) is 36.7 Å². The highest BCUT2D eigenvalue weighted by molar-refractivity contribution is 7.98.